The zero-order chi connectivity index (χ0) is 13.8. The van der Waals surface area contributed by atoms with Crippen LogP contribution in [0.15, 0.2) is 40.9 Å². The van der Waals surface area contributed by atoms with Crippen LogP contribution in [0.3, 0.4) is 0 Å². The first-order valence-corrected chi connectivity index (χ1v) is 6.88. The topological polar surface area (TPSA) is 39.2 Å². The van der Waals surface area contributed by atoms with Gasteiger partial charge in [-0.25, -0.2) is 9.78 Å². The lowest BCUT2D eigenvalue weighted by Gasteiger charge is -2.06. The average molecular weight is 341 g/mol. The fraction of sp³-hybridized carbons (Fsp3) is 0.143. The highest BCUT2D eigenvalue weighted by Gasteiger charge is 2.13. The summed E-state index contributed by atoms with van der Waals surface area (Å²) in [6.45, 7) is 2.05. The second-order valence-corrected chi connectivity index (χ2v) is 5.04. The molecule has 0 bridgehead atoms. The Kier molecular flexibility index (Phi) is 4.56. The van der Waals surface area contributed by atoms with Gasteiger partial charge in [0.05, 0.1) is 17.9 Å². The lowest BCUT2D eigenvalue weighted by atomic mass is 10.1. The third kappa shape index (κ3) is 3.33. The van der Waals surface area contributed by atoms with E-state index in [1.807, 2.05) is 24.3 Å². The maximum Gasteiger partial charge on any atom is 0.341 e. The lowest BCUT2D eigenvalue weighted by molar-refractivity contribution is 0.0526. The Morgan fingerprint density at radius 1 is 1.26 bits per heavy atom. The van der Waals surface area contributed by atoms with Crippen LogP contribution < -0.4 is 0 Å². The Bertz CT molecular complexity index is 599. The molecule has 0 aliphatic heterocycles. The molecular weight excluding hydrogens is 330 g/mol. The SMILES string of the molecule is CCOC(=O)c1ccc(-c2ccc(Br)cc2)nc1Cl. The van der Waals surface area contributed by atoms with Crippen molar-refractivity contribution >= 4 is 33.5 Å². The van der Waals surface area contributed by atoms with Crippen molar-refractivity contribution in [3.05, 3.63) is 51.6 Å². The molecule has 0 aliphatic carbocycles. The van der Waals surface area contributed by atoms with Crippen molar-refractivity contribution in [2.24, 2.45) is 0 Å². The molecular formula is C14H11BrClNO2. The van der Waals surface area contributed by atoms with E-state index in [0.29, 0.717) is 12.3 Å². The molecule has 2 aromatic rings. The highest BCUT2D eigenvalue weighted by Crippen LogP contribution is 2.23. The summed E-state index contributed by atoms with van der Waals surface area (Å²) in [5, 5.41) is 0.152. The van der Waals surface area contributed by atoms with Crippen LogP contribution >= 0.6 is 27.5 Å². The minimum atomic E-state index is -0.456. The average Bonchev–Trinajstić information content (AvgIpc) is 2.39. The van der Waals surface area contributed by atoms with Crippen molar-refractivity contribution in [1.82, 2.24) is 4.98 Å². The van der Waals surface area contributed by atoms with Gasteiger partial charge in [-0.1, -0.05) is 39.7 Å². The highest BCUT2D eigenvalue weighted by molar-refractivity contribution is 9.10. The molecule has 0 aliphatic rings. The van der Waals surface area contributed by atoms with Gasteiger partial charge in [0.1, 0.15) is 5.15 Å². The number of ether oxygens (including phenoxy) is 1. The molecule has 1 aromatic heterocycles. The van der Waals surface area contributed by atoms with Crippen LogP contribution in [0.1, 0.15) is 17.3 Å². The summed E-state index contributed by atoms with van der Waals surface area (Å²) in [5.74, 6) is -0.456. The van der Waals surface area contributed by atoms with Gasteiger partial charge in [0.2, 0.25) is 0 Å². The third-order valence-electron chi connectivity index (χ3n) is 2.48. The number of aromatic nitrogens is 1. The number of hydrogen-bond donors (Lipinski definition) is 0. The fourth-order valence-corrected chi connectivity index (χ4v) is 2.07. The van der Waals surface area contributed by atoms with Gasteiger partial charge in [-0.2, -0.15) is 0 Å². The van der Waals surface area contributed by atoms with Crippen molar-refractivity contribution in [2.45, 2.75) is 6.92 Å². The summed E-state index contributed by atoms with van der Waals surface area (Å²) in [7, 11) is 0. The molecule has 5 heteroatoms. The fourth-order valence-electron chi connectivity index (χ4n) is 1.58. The molecule has 1 heterocycles. The van der Waals surface area contributed by atoms with Crippen molar-refractivity contribution < 1.29 is 9.53 Å². The van der Waals surface area contributed by atoms with E-state index in [0.717, 1.165) is 10.0 Å². The third-order valence-corrected chi connectivity index (χ3v) is 3.30. The molecule has 0 saturated heterocycles. The molecule has 98 valence electrons. The minimum absolute atomic E-state index is 0.152. The molecule has 1 aromatic carbocycles. The van der Waals surface area contributed by atoms with Crippen molar-refractivity contribution in [3.8, 4) is 11.3 Å². The maximum atomic E-state index is 11.6. The number of esters is 1. The zero-order valence-electron chi connectivity index (χ0n) is 10.2. The Morgan fingerprint density at radius 3 is 2.53 bits per heavy atom. The van der Waals surface area contributed by atoms with Gasteiger partial charge in [-0.05, 0) is 31.2 Å². The minimum Gasteiger partial charge on any atom is -0.462 e. The molecule has 0 unspecified atom stereocenters. The van der Waals surface area contributed by atoms with Crippen LogP contribution in [0, 0.1) is 0 Å². The summed E-state index contributed by atoms with van der Waals surface area (Å²) in [5.41, 5.74) is 1.93. The Labute approximate surface area is 124 Å². The molecule has 19 heavy (non-hydrogen) atoms. The summed E-state index contributed by atoms with van der Waals surface area (Å²) in [4.78, 5) is 15.8. The van der Waals surface area contributed by atoms with Crippen molar-refractivity contribution in [3.63, 3.8) is 0 Å². The van der Waals surface area contributed by atoms with Crippen LogP contribution in [-0.2, 0) is 4.74 Å². The molecule has 0 radical (unpaired) electrons. The smallest absolute Gasteiger partial charge is 0.341 e. The normalized spacial score (nSPS) is 10.3. The first kappa shape index (κ1) is 14.0. The zero-order valence-corrected chi connectivity index (χ0v) is 12.5. The standard InChI is InChI=1S/C14H11BrClNO2/c1-2-19-14(18)11-7-8-12(17-13(11)16)9-3-5-10(15)6-4-9/h3-8H,2H2,1H3. The molecule has 2 rings (SSSR count). The van der Waals surface area contributed by atoms with Crippen LogP contribution in [0.2, 0.25) is 5.15 Å². The monoisotopic (exact) mass is 339 g/mol. The van der Waals surface area contributed by atoms with Crippen molar-refractivity contribution in [1.29, 1.82) is 0 Å². The number of benzene rings is 1. The van der Waals surface area contributed by atoms with E-state index in [9.17, 15) is 4.79 Å². The highest BCUT2D eigenvalue weighted by atomic mass is 79.9. The summed E-state index contributed by atoms with van der Waals surface area (Å²) in [6, 6.07) is 11.1. The first-order chi connectivity index (χ1) is 9.11. The number of halogens is 2. The van der Waals surface area contributed by atoms with E-state index < -0.39 is 5.97 Å². The van der Waals surface area contributed by atoms with E-state index in [1.165, 1.54) is 0 Å². The molecule has 3 nitrogen and oxygen atoms in total. The summed E-state index contributed by atoms with van der Waals surface area (Å²) in [6.07, 6.45) is 0. The van der Waals surface area contributed by atoms with Crippen LogP contribution in [0.25, 0.3) is 11.3 Å². The van der Waals surface area contributed by atoms with E-state index in [-0.39, 0.29) is 10.7 Å². The van der Waals surface area contributed by atoms with E-state index in [2.05, 4.69) is 20.9 Å². The number of pyridine rings is 1. The number of nitrogens with zero attached hydrogens (tertiary/aromatic N) is 1. The van der Waals surface area contributed by atoms with Crippen molar-refractivity contribution in [2.75, 3.05) is 6.61 Å². The van der Waals surface area contributed by atoms with E-state index in [4.69, 9.17) is 16.3 Å². The van der Waals surface area contributed by atoms with Crippen LogP contribution in [-0.4, -0.2) is 17.6 Å². The molecule has 0 N–H and O–H groups in total. The van der Waals surface area contributed by atoms with Gasteiger partial charge >= 0.3 is 5.97 Å². The van der Waals surface area contributed by atoms with Gasteiger partial charge in [0.25, 0.3) is 0 Å². The summed E-state index contributed by atoms with van der Waals surface area (Å²) >= 11 is 9.39. The number of rotatable bonds is 3. The molecule has 0 atom stereocenters. The van der Waals surface area contributed by atoms with Gasteiger partial charge in [-0.3, -0.25) is 0 Å². The van der Waals surface area contributed by atoms with Gasteiger partial charge in [-0.15, -0.1) is 0 Å². The van der Waals surface area contributed by atoms with Crippen LogP contribution in [0.5, 0.6) is 0 Å². The Hall–Kier alpha value is -1.39. The Morgan fingerprint density at radius 2 is 1.95 bits per heavy atom. The predicted molar refractivity (Wildman–Crippen MR) is 78.3 cm³/mol. The quantitative estimate of drug-likeness (QED) is 0.616. The molecule has 0 saturated carbocycles. The predicted octanol–water partition coefficient (Wildman–Crippen LogP) is 4.34. The molecule has 0 spiro atoms. The second kappa shape index (κ2) is 6.17. The van der Waals surface area contributed by atoms with E-state index >= 15 is 0 Å². The Balaban J connectivity index is 2.33. The van der Waals surface area contributed by atoms with E-state index in [1.54, 1.807) is 19.1 Å². The molecule has 0 fully saturated rings. The van der Waals surface area contributed by atoms with Gasteiger partial charge < -0.3 is 4.74 Å². The summed E-state index contributed by atoms with van der Waals surface area (Å²) < 4.78 is 5.89. The number of carbonyl (C=O) groups is 1. The first-order valence-electron chi connectivity index (χ1n) is 5.71. The maximum absolute atomic E-state index is 11.6. The largest absolute Gasteiger partial charge is 0.462 e. The van der Waals surface area contributed by atoms with Gasteiger partial charge in [0, 0.05) is 10.0 Å². The lowest BCUT2D eigenvalue weighted by Crippen LogP contribution is -2.06. The second-order valence-electron chi connectivity index (χ2n) is 3.76. The number of carbonyl (C=O) groups excluding carboxylic acids is 1. The molecule has 0 amide bonds. The van der Waals surface area contributed by atoms with Gasteiger partial charge in [0.15, 0.2) is 0 Å². The number of hydrogen-bond acceptors (Lipinski definition) is 3. The van der Waals surface area contributed by atoms with Crippen LogP contribution in [0.4, 0.5) is 0 Å².